The molecule has 0 rings (SSSR count). The van der Waals surface area contributed by atoms with Crippen LogP contribution in [0.4, 0.5) is 0 Å². The molecule has 0 heterocycles. The summed E-state index contributed by atoms with van der Waals surface area (Å²) < 4.78 is 0. The third-order valence-electron chi connectivity index (χ3n) is 0.548. The van der Waals surface area contributed by atoms with Crippen LogP contribution in [0.25, 0.3) is 0 Å². The van der Waals surface area contributed by atoms with E-state index in [1.807, 2.05) is 0 Å². The monoisotopic (exact) mass is 221 g/mol. The maximum absolute atomic E-state index is 2.41. The fraction of sp³-hybridized carbons (Fsp3) is 1.00. The molecule has 6 heavy (non-hydrogen) atoms. The average molecular weight is 219 g/mol. The maximum atomic E-state index is 2.41. The van der Waals surface area contributed by atoms with Gasteiger partial charge in [-0.1, -0.05) is 0 Å². The summed E-state index contributed by atoms with van der Waals surface area (Å²) in [4.78, 5) is 2.12. The number of hydrogen-bond donors (Lipinski definition) is 0. The van der Waals surface area contributed by atoms with E-state index in [0.717, 1.165) is 0 Å². The zero-order valence-electron chi connectivity index (χ0n) is 4.86. The van der Waals surface area contributed by atoms with Crippen LogP contribution < -0.4 is 0 Å². The van der Waals surface area contributed by atoms with Gasteiger partial charge in [0, 0.05) is 0 Å². The Hall–Kier alpha value is 1.22. The summed E-state index contributed by atoms with van der Waals surface area (Å²) in [6.07, 6.45) is 0. The van der Waals surface area contributed by atoms with E-state index in [0.29, 0.717) is 20.4 Å². The van der Waals surface area contributed by atoms with Crippen molar-refractivity contribution in [3.8, 4) is 0 Å². The molecule has 0 atom stereocenters. The molecular weight excluding hydrogens is 207 g/mol. The van der Waals surface area contributed by atoms with Gasteiger partial charge >= 0.3 is 50.3 Å². The van der Waals surface area contributed by atoms with Crippen molar-refractivity contribution in [2.45, 2.75) is 4.97 Å². The SMILES string of the molecule is C[Te][P+](C)(C)C. The van der Waals surface area contributed by atoms with E-state index in [9.17, 15) is 0 Å². The molecule has 0 aromatic heterocycles. The summed E-state index contributed by atoms with van der Waals surface area (Å²) in [6, 6.07) is 0. The summed E-state index contributed by atoms with van der Waals surface area (Å²) in [5.74, 6) is 0. The van der Waals surface area contributed by atoms with Crippen molar-refractivity contribution >= 4 is 25.3 Å². The predicted octanol–water partition coefficient (Wildman–Crippen LogP) is 1.56. The van der Waals surface area contributed by atoms with Gasteiger partial charge in [-0.3, -0.25) is 0 Å². The Kier molecular flexibility index (Phi) is 3.02. The van der Waals surface area contributed by atoms with Crippen molar-refractivity contribution in [1.29, 1.82) is 0 Å². The van der Waals surface area contributed by atoms with E-state index < -0.39 is 0 Å². The van der Waals surface area contributed by atoms with Gasteiger partial charge in [-0.25, -0.2) is 0 Å². The van der Waals surface area contributed by atoms with Gasteiger partial charge in [0.15, 0.2) is 0 Å². The van der Waals surface area contributed by atoms with Crippen LogP contribution in [0.15, 0.2) is 0 Å². The van der Waals surface area contributed by atoms with Crippen molar-refractivity contribution < 1.29 is 0 Å². The molecule has 38 valence electrons. The topological polar surface area (TPSA) is 0 Å². The van der Waals surface area contributed by atoms with Crippen LogP contribution in [-0.4, -0.2) is 40.4 Å². The molecule has 0 saturated heterocycles. The number of rotatable bonds is 1. The van der Waals surface area contributed by atoms with E-state index in [1.165, 1.54) is 0 Å². The van der Waals surface area contributed by atoms with Crippen molar-refractivity contribution in [3.05, 3.63) is 0 Å². The second-order valence-corrected chi connectivity index (χ2v) is 18.7. The van der Waals surface area contributed by atoms with Crippen LogP contribution in [0, 0.1) is 0 Å². The van der Waals surface area contributed by atoms with E-state index in [-0.39, 0.29) is 4.95 Å². The van der Waals surface area contributed by atoms with E-state index >= 15 is 0 Å². The summed E-state index contributed by atoms with van der Waals surface area (Å²) in [7, 11) is 0. The molecule has 0 aromatic carbocycles. The molecule has 0 N–H and O–H groups in total. The Balaban J connectivity index is 3.17. The first-order valence-electron chi connectivity index (χ1n) is 1.93. The summed E-state index contributed by atoms with van der Waals surface area (Å²) >= 11 is 0.429. The third kappa shape index (κ3) is 5.22. The van der Waals surface area contributed by atoms with Crippen LogP contribution in [0.5, 0.6) is 0 Å². The van der Waals surface area contributed by atoms with Gasteiger partial charge in [0.1, 0.15) is 0 Å². The summed E-state index contributed by atoms with van der Waals surface area (Å²) in [6.45, 7) is 7.24. The average Bonchev–Trinajstić information content (AvgIpc) is 1.35. The Labute approximate surface area is 50.5 Å². The first kappa shape index (κ1) is 7.22. The molecule has 0 saturated carbocycles. The summed E-state index contributed by atoms with van der Waals surface area (Å²) in [5, 5.41) is 0. The second-order valence-electron chi connectivity index (χ2n) is 2.07. The number of hydrogen-bond acceptors (Lipinski definition) is 0. The van der Waals surface area contributed by atoms with Crippen molar-refractivity contribution in [3.63, 3.8) is 0 Å². The first-order chi connectivity index (χ1) is 2.56. The molecular formula is C4H12PTe+. The van der Waals surface area contributed by atoms with Crippen molar-refractivity contribution in [2.75, 3.05) is 20.0 Å². The molecule has 0 unspecified atom stereocenters. The molecule has 0 radical (unpaired) electrons. The zero-order chi connectivity index (χ0) is 5.21. The standard InChI is InChI=1S/C4H12PTe/c1-5(2,3)6-4/h1-4H3/q+1. The minimum absolute atomic E-state index is 0.267. The zero-order valence-corrected chi connectivity index (χ0v) is 8.08. The quantitative estimate of drug-likeness (QED) is 0.463. The van der Waals surface area contributed by atoms with Crippen molar-refractivity contribution in [1.82, 2.24) is 0 Å². The van der Waals surface area contributed by atoms with Crippen LogP contribution in [0.1, 0.15) is 0 Å². The fourth-order valence-electron chi connectivity index (χ4n) is 0. The molecule has 0 aliphatic carbocycles. The normalized spacial score (nSPS) is 12.0. The van der Waals surface area contributed by atoms with Gasteiger partial charge in [0.25, 0.3) is 0 Å². The predicted molar refractivity (Wildman–Crippen MR) is 36.3 cm³/mol. The van der Waals surface area contributed by atoms with E-state index in [2.05, 4.69) is 25.0 Å². The van der Waals surface area contributed by atoms with Gasteiger partial charge in [0.2, 0.25) is 0 Å². The van der Waals surface area contributed by atoms with Crippen LogP contribution >= 0.6 is 4.95 Å². The molecule has 0 bridgehead atoms. The fourth-order valence-corrected chi connectivity index (χ4v) is 0. The second kappa shape index (κ2) is 2.51. The Morgan fingerprint density at radius 3 is 1.33 bits per heavy atom. The van der Waals surface area contributed by atoms with E-state index in [1.54, 1.807) is 0 Å². The van der Waals surface area contributed by atoms with Crippen LogP contribution in [0.2, 0.25) is 4.97 Å². The summed E-state index contributed by atoms with van der Waals surface area (Å²) in [5.41, 5.74) is 0. The van der Waals surface area contributed by atoms with Crippen LogP contribution in [-0.2, 0) is 0 Å². The first-order valence-corrected chi connectivity index (χ1v) is 10.4. The Morgan fingerprint density at radius 1 is 1.17 bits per heavy atom. The van der Waals surface area contributed by atoms with Gasteiger partial charge < -0.3 is 0 Å². The molecule has 0 fully saturated rings. The van der Waals surface area contributed by atoms with Gasteiger partial charge in [-0.2, -0.15) is 0 Å². The van der Waals surface area contributed by atoms with Gasteiger partial charge in [-0.15, -0.1) is 0 Å². The van der Waals surface area contributed by atoms with Crippen molar-refractivity contribution in [2.24, 2.45) is 0 Å². The molecule has 0 aliphatic rings. The van der Waals surface area contributed by atoms with Gasteiger partial charge in [-0.05, 0) is 0 Å². The third-order valence-corrected chi connectivity index (χ3v) is 11.0. The molecule has 0 amide bonds. The van der Waals surface area contributed by atoms with E-state index in [4.69, 9.17) is 0 Å². The molecule has 0 nitrogen and oxygen atoms in total. The molecule has 0 spiro atoms. The van der Waals surface area contributed by atoms with Gasteiger partial charge in [0.05, 0.1) is 0 Å². The van der Waals surface area contributed by atoms with Crippen LogP contribution in [0.3, 0.4) is 0 Å². The molecule has 0 aromatic rings. The molecule has 0 aliphatic heterocycles. The molecule has 2 heteroatoms. The minimum atomic E-state index is -0.267. The Bertz CT molecular complexity index is 37.3. The Morgan fingerprint density at radius 2 is 1.33 bits per heavy atom.